The van der Waals surface area contributed by atoms with Crippen molar-refractivity contribution in [2.24, 2.45) is 0 Å². The third-order valence-corrected chi connectivity index (χ3v) is 5.71. The number of halogens is 2. The van der Waals surface area contributed by atoms with Gasteiger partial charge in [0.05, 0.1) is 17.7 Å². The molecule has 138 valence electrons. The number of rotatable bonds is 5. The molecular formula is C20H16BrClN2O3. The molecule has 0 bridgehead atoms. The van der Waals surface area contributed by atoms with E-state index in [0.717, 1.165) is 17.3 Å². The molecule has 0 fully saturated rings. The fourth-order valence-electron chi connectivity index (χ4n) is 3.66. The molecule has 0 saturated carbocycles. The fraction of sp³-hybridized carbons (Fsp3) is 0.200. The van der Waals surface area contributed by atoms with Crippen LogP contribution < -0.4 is 5.32 Å². The zero-order valence-corrected chi connectivity index (χ0v) is 16.6. The van der Waals surface area contributed by atoms with Gasteiger partial charge in [0.25, 0.3) is 11.8 Å². The number of nitrogens with zero attached hydrogens (tertiary/aromatic N) is 1. The van der Waals surface area contributed by atoms with Crippen LogP contribution in [0.1, 0.15) is 32.8 Å². The van der Waals surface area contributed by atoms with Gasteiger partial charge in [-0.25, -0.2) is 0 Å². The number of nitrogens with one attached hydrogen (secondary N) is 1. The number of imide groups is 1. The van der Waals surface area contributed by atoms with Crippen molar-refractivity contribution >= 4 is 50.2 Å². The monoisotopic (exact) mass is 446 g/mol. The molecule has 0 spiro atoms. The second kappa shape index (κ2) is 7.11. The van der Waals surface area contributed by atoms with Crippen LogP contribution in [-0.4, -0.2) is 26.8 Å². The highest BCUT2D eigenvalue weighted by molar-refractivity contribution is 9.09. The molecule has 1 aliphatic heterocycles. The second-order valence-corrected chi connectivity index (χ2v) is 7.56. The summed E-state index contributed by atoms with van der Waals surface area (Å²) in [5.41, 5.74) is 3.51. The molecule has 0 aliphatic carbocycles. The van der Waals surface area contributed by atoms with E-state index in [1.165, 1.54) is 0 Å². The predicted molar refractivity (Wildman–Crippen MR) is 109 cm³/mol. The zero-order valence-electron chi connectivity index (χ0n) is 14.3. The van der Waals surface area contributed by atoms with Crippen molar-refractivity contribution in [1.29, 1.82) is 0 Å². The largest absolute Gasteiger partial charge is 0.390 e. The number of alkyl halides is 1. The third-order valence-electron chi connectivity index (χ3n) is 4.82. The highest BCUT2D eigenvalue weighted by Gasteiger charge is 2.34. The average Bonchev–Trinajstić information content (AvgIpc) is 3.16. The Morgan fingerprint density at radius 1 is 1.07 bits per heavy atom. The van der Waals surface area contributed by atoms with E-state index in [1.54, 1.807) is 12.1 Å². The molecular weight excluding hydrogens is 432 g/mol. The maximum Gasteiger partial charge on any atom is 0.259 e. The van der Waals surface area contributed by atoms with Gasteiger partial charge in [-0.1, -0.05) is 45.7 Å². The van der Waals surface area contributed by atoms with Crippen molar-refractivity contribution in [1.82, 2.24) is 9.88 Å². The number of hydrogen-bond acceptors (Lipinski definition) is 3. The highest BCUT2D eigenvalue weighted by atomic mass is 79.9. The Bertz CT molecular complexity index is 1090. The molecule has 7 heteroatoms. The Labute approximate surface area is 169 Å². The van der Waals surface area contributed by atoms with Gasteiger partial charge in [-0.3, -0.25) is 14.9 Å². The van der Waals surface area contributed by atoms with Crippen LogP contribution in [0.5, 0.6) is 0 Å². The molecule has 27 heavy (non-hydrogen) atoms. The first kappa shape index (κ1) is 18.2. The fourth-order valence-corrected chi connectivity index (χ4v) is 4.15. The Balaban J connectivity index is 2.10. The van der Waals surface area contributed by atoms with E-state index in [9.17, 15) is 14.7 Å². The molecule has 2 aromatic carbocycles. The van der Waals surface area contributed by atoms with Crippen LogP contribution in [0.15, 0.2) is 36.4 Å². The van der Waals surface area contributed by atoms with Gasteiger partial charge in [0.2, 0.25) is 0 Å². The van der Waals surface area contributed by atoms with Gasteiger partial charge in [-0.15, -0.1) is 0 Å². The van der Waals surface area contributed by atoms with E-state index in [0.29, 0.717) is 44.9 Å². The number of fused-ring (bicyclic) bond motifs is 3. The van der Waals surface area contributed by atoms with Crippen LogP contribution in [0.2, 0.25) is 5.02 Å². The molecule has 2 heterocycles. The maximum absolute atomic E-state index is 12.5. The van der Waals surface area contributed by atoms with E-state index >= 15 is 0 Å². The molecule has 0 unspecified atom stereocenters. The maximum atomic E-state index is 12.5. The summed E-state index contributed by atoms with van der Waals surface area (Å²) < 4.78 is 1.99. The molecule has 3 aromatic rings. The van der Waals surface area contributed by atoms with Gasteiger partial charge in [0.1, 0.15) is 0 Å². The molecule has 0 radical (unpaired) electrons. The van der Waals surface area contributed by atoms with Crippen LogP contribution in [0.4, 0.5) is 0 Å². The molecule has 2 amide bonds. The average molecular weight is 448 g/mol. The van der Waals surface area contributed by atoms with E-state index in [4.69, 9.17) is 11.6 Å². The number of benzene rings is 2. The van der Waals surface area contributed by atoms with Crippen molar-refractivity contribution in [2.45, 2.75) is 19.6 Å². The highest BCUT2D eigenvalue weighted by Crippen LogP contribution is 2.39. The smallest absolute Gasteiger partial charge is 0.259 e. The van der Waals surface area contributed by atoms with E-state index in [-0.39, 0.29) is 6.61 Å². The van der Waals surface area contributed by atoms with Gasteiger partial charge in [-0.2, -0.15) is 0 Å². The SMILES string of the molecule is O=C1NC(=O)c2c1c(-c1ccccc1Cl)cc1c2cc(CO)n1CCCBr. The molecule has 1 aromatic heterocycles. The van der Waals surface area contributed by atoms with Gasteiger partial charge in [-0.05, 0) is 30.2 Å². The van der Waals surface area contributed by atoms with E-state index < -0.39 is 11.8 Å². The lowest BCUT2D eigenvalue weighted by molar-refractivity contribution is 0.0880. The standard InChI is InChI=1S/C20H16BrClN2O3/c21-6-3-7-24-11(10-25)8-14-16(24)9-13(12-4-1-2-5-15(12)22)17-18(14)20(27)23-19(17)26/h1-2,4-5,8-9,25H,3,6-7,10H2,(H,23,26,27). The van der Waals surface area contributed by atoms with Gasteiger partial charge in [0, 0.05) is 39.1 Å². The zero-order chi connectivity index (χ0) is 19.1. The molecule has 5 nitrogen and oxygen atoms in total. The van der Waals surface area contributed by atoms with Crippen molar-refractivity contribution in [3.05, 3.63) is 58.2 Å². The number of carbonyl (C=O) groups excluding carboxylic acids is 2. The summed E-state index contributed by atoms with van der Waals surface area (Å²) in [6.07, 6.45) is 0.862. The summed E-state index contributed by atoms with van der Waals surface area (Å²) >= 11 is 9.81. The summed E-state index contributed by atoms with van der Waals surface area (Å²) in [5.74, 6) is -0.846. The number of aliphatic hydroxyl groups excluding tert-OH is 1. The molecule has 1 aliphatic rings. The van der Waals surface area contributed by atoms with Crippen LogP contribution in [0.3, 0.4) is 0 Å². The second-order valence-electron chi connectivity index (χ2n) is 6.36. The van der Waals surface area contributed by atoms with Gasteiger partial charge in [0.15, 0.2) is 0 Å². The van der Waals surface area contributed by atoms with Gasteiger partial charge < -0.3 is 9.67 Å². The van der Waals surface area contributed by atoms with Crippen LogP contribution in [0.25, 0.3) is 22.0 Å². The van der Waals surface area contributed by atoms with E-state index in [2.05, 4.69) is 21.2 Å². The van der Waals surface area contributed by atoms with Crippen LogP contribution in [0, 0.1) is 0 Å². The molecule has 0 atom stereocenters. The molecule has 0 saturated heterocycles. The summed E-state index contributed by atoms with van der Waals surface area (Å²) in [7, 11) is 0. The number of aliphatic hydroxyl groups is 1. The number of carbonyl (C=O) groups is 2. The Hall–Kier alpha value is -2.15. The van der Waals surface area contributed by atoms with Crippen molar-refractivity contribution in [2.75, 3.05) is 5.33 Å². The summed E-state index contributed by atoms with van der Waals surface area (Å²) in [5, 5.41) is 14.2. The number of amides is 2. The Morgan fingerprint density at radius 2 is 1.81 bits per heavy atom. The first-order valence-corrected chi connectivity index (χ1v) is 10.0. The van der Waals surface area contributed by atoms with Gasteiger partial charge >= 0.3 is 0 Å². The van der Waals surface area contributed by atoms with Crippen molar-refractivity contribution in [3.8, 4) is 11.1 Å². The topological polar surface area (TPSA) is 71.3 Å². The van der Waals surface area contributed by atoms with Crippen molar-refractivity contribution < 1.29 is 14.7 Å². The number of hydrogen-bond donors (Lipinski definition) is 2. The minimum Gasteiger partial charge on any atom is -0.390 e. The third kappa shape index (κ3) is 2.88. The lowest BCUT2D eigenvalue weighted by atomic mass is 9.94. The van der Waals surface area contributed by atoms with Crippen LogP contribution >= 0.6 is 27.5 Å². The normalized spacial score (nSPS) is 13.3. The quantitative estimate of drug-likeness (QED) is 0.456. The summed E-state index contributed by atoms with van der Waals surface area (Å²) in [4.78, 5) is 25.1. The molecule has 2 N–H and O–H groups in total. The minimum absolute atomic E-state index is 0.150. The first-order chi connectivity index (χ1) is 13.1. The lowest BCUT2D eigenvalue weighted by Gasteiger charge is -2.12. The van der Waals surface area contributed by atoms with Crippen molar-refractivity contribution in [3.63, 3.8) is 0 Å². The van der Waals surface area contributed by atoms with E-state index in [1.807, 2.05) is 28.8 Å². The summed E-state index contributed by atoms with van der Waals surface area (Å²) in [6, 6.07) is 10.9. The first-order valence-electron chi connectivity index (χ1n) is 8.53. The number of aryl methyl sites for hydroxylation is 1. The summed E-state index contributed by atoms with van der Waals surface area (Å²) in [6.45, 7) is 0.531. The minimum atomic E-state index is -0.425. The molecule has 4 rings (SSSR count). The van der Waals surface area contributed by atoms with Crippen LogP contribution in [-0.2, 0) is 13.2 Å². The Morgan fingerprint density at radius 3 is 2.52 bits per heavy atom. The Kier molecular flexibility index (Phi) is 4.80. The predicted octanol–water partition coefficient (Wildman–Crippen LogP) is 4.12. The lowest BCUT2D eigenvalue weighted by Crippen LogP contribution is -2.20. The number of aromatic nitrogens is 1.